The van der Waals surface area contributed by atoms with Gasteiger partial charge in [0, 0.05) is 197 Å². The lowest BCUT2D eigenvalue weighted by Gasteiger charge is -2.21. The van der Waals surface area contributed by atoms with Crippen LogP contribution < -0.4 is 4.90 Å². The predicted molar refractivity (Wildman–Crippen MR) is 457 cm³/mol. The van der Waals surface area contributed by atoms with E-state index in [1.165, 1.54) is 66.6 Å². The van der Waals surface area contributed by atoms with E-state index in [0.29, 0.717) is 70.5 Å². The number of hydrogen-bond donors (Lipinski definition) is 0. The number of aromatic nitrogens is 7. The number of nitrogens with zero attached hydrogens (tertiary/aromatic N) is 12. The summed E-state index contributed by atoms with van der Waals surface area (Å²) in [6, 6.07) is 27.7. The molecule has 0 aliphatic carbocycles. The molecule has 0 unspecified atom stereocenters. The molecule has 7 aromatic heterocycles. The molecule has 0 atom stereocenters. The van der Waals surface area contributed by atoms with E-state index in [0.717, 1.165) is 131 Å². The molecule has 0 fully saturated rings. The number of alkyl halides is 3. The second-order valence-corrected chi connectivity index (χ2v) is 38.8. The largest absolute Gasteiger partial charge is 0.416 e. The molecule has 17 rings (SSSR count). The third-order valence-corrected chi connectivity index (χ3v) is 31.2. The average molecular weight is 1730 g/mol. The van der Waals surface area contributed by atoms with Crippen molar-refractivity contribution in [3.63, 3.8) is 0 Å². The molecular weight excluding hydrogens is 1640 g/mol. The molecule has 0 saturated heterocycles. The van der Waals surface area contributed by atoms with Crippen LogP contribution in [0.3, 0.4) is 0 Å². The highest BCUT2D eigenvalue weighted by Crippen LogP contribution is 2.43. The van der Waals surface area contributed by atoms with Crippen LogP contribution in [0.15, 0.2) is 190 Å². The first-order valence-corrected chi connectivity index (χ1v) is 44.8. The van der Waals surface area contributed by atoms with Crippen LogP contribution in [0.5, 0.6) is 0 Å². The second-order valence-electron chi connectivity index (χ2n) is 30.5. The summed E-state index contributed by atoms with van der Waals surface area (Å²) in [7, 11) is -2.30. The maximum Gasteiger partial charge on any atom is 0.416 e. The number of aryl methyl sites for hydroxylation is 3. The van der Waals surface area contributed by atoms with Crippen LogP contribution in [0.1, 0.15) is 83.1 Å². The number of carbonyl (C=O) groups excluding carboxylic acids is 1. The number of rotatable bonds is 12. The Labute approximate surface area is 693 Å². The normalized spacial score (nSPS) is 16.3. The van der Waals surface area contributed by atoms with Crippen molar-refractivity contribution in [3.8, 4) is 0 Å². The third kappa shape index (κ3) is 16.0. The molecule has 0 saturated carbocycles. The second kappa shape index (κ2) is 32.5. The number of amides is 1. The Hall–Kier alpha value is -9.24. The summed E-state index contributed by atoms with van der Waals surface area (Å²) >= 11 is 18.7. The average Bonchev–Trinajstić information content (AvgIpc) is 1.36. The topological polar surface area (TPSA) is 204 Å². The van der Waals surface area contributed by atoms with Gasteiger partial charge in [-0.05, 0) is 176 Å². The predicted octanol–water partition coefficient (Wildman–Crippen LogP) is 16.4. The number of para-hydroxylation sites is 2. The maximum atomic E-state index is 14.0. The first-order chi connectivity index (χ1) is 55.3. The van der Waals surface area contributed by atoms with Crippen LogP contribution in [0.4, 0.5) is 23.2 Å². The molecule has 5 aliphatic rings. The van der Waals surface area contributed by atoms with Gasteiger partial charge in [-0.3, -0.25) is 4.79 Å². The van der Waals surface area contributed by atoms with E-state index in [-0.39, 0.29) is 51.5 Å². The summed E-state index contributed by atoms with van der Waals surface area (Å²) in [6.07, 6.45) is 18.9. The van der Waals surface area contributed by atoms with Gasteiger partial charge in [-0.25, -0.2) is 54.0 Å². The summed E-state index contributed by atoms with van der Waals surface area (Å²) in [5.41, 5.74) is 11.9. The highest BCUT2D eigenvalue weighted by atomic mass is 35.5. The number of anilines is 1. The van der Waals surface area contributed by atoms with E-state index in [2.05, 4.69) is 51.9 Å². The Morgan fingerprint density at radius 2 is 0.735 bits per heavy atom. The quantitative estimate of drug-likeness (QED) is 0.105. The minimum atomic E-state index is -4.53. The van der Waals surface area contributed by atoms with Crippen LogP contribution >= 0.6 is 34.8 Å². The van der Waals surface area contributed by atoms with Crippen molar-refractivity contribution in [2.75, 3.05) is 92.0 Å². The first-order valence-electron chi connectivity index (χ1n) is 37.9. The number of halogens is 7. The molecule has 117 heavy (non-hydrogen) atoms. The Bertz CT molecular complexity index is 6640. The number of fused-ring (bicyclic) bond motifs is 5. The van der Waals surface area contributed by atoms with Crippen molar-refractivity contribution in [1.82, 2.24) is 49.2 Å². The lowest BCUT2D eigenvalue weighted by molar-refractivity contribution is -0.137. The van der Waals surface area contributed by atoms with Gasteiger partial charge in [0.15, 0.2) is 0 Å². The molecule has 21 nitrogen and oxygen atoms in total. The fraction of sp³-hybridized carbons (Fsp3) is 0.306. The minimum Gasteiger partial charge on any atom is -0.352 e. The van der Waals surface area contributed by atoms with E-state index in [9.17, 15) is 56.0 Å². The molecular formula is C85H89Cl3F4N12O9S4. The summed E-state index contributed by atoms with van der Waals surface area (Å²) in [5.74, 6) is -0.423. The fourth-order valence-electron chi connectivity index (χ4n) is 15.9. The zero-order chi connectivity index (χ0) is 84.0. The number of benzene rings is 5. The van der Waals surface area contributed by atoms with E-state index >= 15 is 0 Å². The highest BCUT2D eigenvalue weighted by molar-refractivity contribution is 7.91. The standard InChI is InChI=1S/C24H25N3O3S.C21H21ClF3N3O2S.C20H21ClFN3O2S.C20H22ClN3O2S/c1-17(28)26-14-11-19-15-20(7-8-23(19)26)31(29,30)27-16-22(18-9-12-25(2)13-10-18)21-5-3-4-6-24(21)27;1-13-20(18(22)12-27(13)3)31(29,30)28-11-17(14-6-8-26(2)9-7-14)16-10-15(21(23,24)25)4-5-19(16)28;1-13-20(18(21)12-24(13)3)28(26,27)25-11-17(14-6-8-23(2)9-7-14)16-10-15(22)4-5-19(16)25;1-14-20(18(21)13-23(14)3)27(25,26)24-12-17(15-8-10-22(2)11-9-15)16-6-4-5-7-19(16)24/h3-9,15-16H,10-14H2,1-2H3;4-6,10-12H,7-9H2,1-3H3;4-6,10-12H,7-9H2,1-3H3;4-8,12-13H,9-11H2,1-3H3. The molecule has 0 radical (unpaired) electrons. The van der Waals surface area contributed by atoms with Crippen LogP contribution in [-0.2, 0) is 78.6 Å². The van der Waals surface area contributed by atoms with Crippen LogP contribution in [0, 0.1) is 26.6 Å². The molecule has 5 aliphatic heterocycles. The molecule has 12 heterocycles. The zero-order valence-electron chi connectivity index (χ0n) is 66.4. The van der Waals surface area contributed by atoms with Gasteiger partial charge in [0.1, 0.15) is 20.5 Å². The molecule has 5 aromatic carbocycles. The van der Waals surface area contributed by atoms with E-state index in [4.69, 9.17) is 34.8 Å². The van der Waals surface area contributed by atoms with E-state index in [1.807, 2.05) is 68.7 Å². The summed E-state index contributed by atoms with van der Waals surface area (Å²) in [5, 5.41) is 3.21. The van der Waals surface area contributed by atoms with Gasteiger partial charge >= 0.3 is 6.18 Å². The van der Waals surface area contributed by atoms with Gasteiger partial charge in [-0.15, -0.1) is 0 Å². The van der Waals surface area contributed by atoms with Gasteiger partial charge in [0.2, 0.25) is 5.91 Å². The molecule has 1 amide bonds. The summed E-state index contributed by atoms with van der Waals surface area (Å²) < 4.78 is 173. The van der Waals surface area contributed by atoms with Gasteiger partial charge in [-0.1, -0.05) is 95.5 Å². The Balaban J connectivity index is 0.000000129. The minimum absolute atomic E-state index is 0.0261. The van der Waals surface area contributed by atoms with Crippen molar-refractivity contribution in [2.24, 2.45) is 21.1 Å². The van der Waals surface area contributed by atoms with Crippen molar-refractivity contribution in [3.05, 3.63) is 242 Å². The van der Waals surface area contributed by atoms with Gasteiger partial charge in [0.05, 0.1) is 47.6 Å². The van der Waals surface area contributed by atoms with Gasteiger partial charge in [-0.2, -0.15) is 13.2 Å². The molecule has 616 valence electrons. The molecule has 0 N–H and O–H groups in total. The van der Waals surface area contributed by atoms with Crippen LogP contribution in [-0.4, -0.2) is 176 Å². The summed E-state index contributed by atoms with van der Waals surface area (Å²) in [6.45, 7) is 13.9. The Kier molecular flexibility index (Phi) is 23.4. The third-order valence-electron chi connectivity index (χ3n) is 22.8. The molecule has 0 bridgehead atoms. The lowest BCUT2D eigenvalue weighted by atomic mass is 9.98. The Morgan fingerprint density at radius 3 is 1.08 bits per heavy atom. The van der Waals surface area contributed by atoms with Crippen molar-refractivity contribution < 1.29 is 56.0 Å². The van der Waals surface area contributed by atoms with Gasteiger partial charge in [0.25, 0.3) is 40.1 Å². The molecule has 12 aromatic rings. The monoisotopic (exact) mass is 1730 g/mol. The highest BCUT2D eigenvalue weighted by Gasteiger charge is 2.36. The van der Waals surface area contributed by atoms with E-state index in [1.54, 1.807) is 110 Å². The first kappa shape index (κ1) is 84.2. The fourth-order valence-corrected chi connectivity index (χ4v) is 24.1. The van der Waals surface area contributed by atoms with E-state index < -0.39 is 57.7 Å². The van der Waals surface area contributed by atoms with Crippen molar-refractivity contribution in [2.45, 2.75) is 85.6 Å². The molecule has 32 heteroatoms. The summed E-state index contributed by atoms with van der Waals surface area (Å²) in [4.78, 5) is 22.7. The Morgan fingerprint density at radius 1 is 0.393 bits per heavy atom. The maximum absolute atomic E-state index is 14.0. The van der Waals surface area contributed by atoms with Crippen molar-refractivity contribution >= 4 is 152 Å². The smallest absolute Gasteiger partial charge is 0.352 e. The van der Waals surface area contributed by atoms with Crippen LogP contribution in [0.25, 0.3) is 65.9 Å². The zero-order valence-corrected chi connectivity index (χ0v) is 71.9. The van der Waals surface area contributed by atoms with Crippen LogP contribution in [0.2, 0.25) is 15.1 Å². The number of hydrogen-bond acceptors (Lipinski definition) is 13. The lowest BCUT2D eigenvalue weighted by Crippen LogP contribution is -2.25. The van der Waals surface area contributed by atoms with Crippen molar-refractivity contribution in [1.29, 1.82) is 0 Å². The van der Waals surface area contributed by atoms with Gasteiger partial charge < -0.3 is 38.2 Å². The molecule has 0 spiro atoms. The number of likely N-dealkylation sites (N-methyl/N-ethyl adjacent to an activating group) is 4. The number of carbonyl (C=O) groups is 1. The SMILES string of the molecule is CC(=O)N1CCc2cc(S(=O)(=O)n3cc(C4=CCN(C)CC4)c4ccccc43)ccc21.Cc1c(S(=O)(=O)n2cc(C3=CCN(C)CC3)c3cc(C(F)(F)F)ccc32)c(Cl)cn1C.Cc1c(S(=O)(=O)n2cc(C3=CCN(C)CC3)c3cc(F)ccc32)c(Cl)cn1C.Cc1c(S(=O)(=O)n2cc(C3=CCN(C)CC3)c3ccccc32)c(Cl)cn1C.